The Labute approximate surface area is 82.0 Å². The predicted octanol–water partition coefficient (Wildman–Crippen LogP) is -0.151. The molecule has 1 saturated heterocycles. The first-order valence-electron chi connectivity index (χ1n) is 4.51. The van der Waals surface area contributed by atoms with Gasteiger partial charge < -0.3 is 5.73 Å². The van der Waals surface area contributed by atoms with Crippen LogP contribution in [0, 0.1) is 6.92 Å². The Morgan fingerprint density at radius 1 is 1.57 bits per heavy atom. The van der Waals surface area contributed by atoms with E-state index in [1.165, 1.54) is 0 Å². The van der Waals surface area contributed by atoms with Crippen LogP contribution in [0.4, 0.5) is 5.82 Å². The Morgan fingerprint density at radius 2 is 2.36 bits per heavy atom. The quantitative estimate of drug-likeness (QED) is 0.671. The van der Waals surface area contributed by atoms with Crippen molar-refractivity contribution in [2.45, 2.75) is 19.4 Å². The summed E-state index contributed by atoms with van der Waals surface area (Å²) < 4.78 is 0. The third-order valence-corrected chi connectivity index (χ3v) is 2.17. The Hall–Kier alpha value is -1.49. The molecule has 1 amide bonds. The second-order valence-electron chi connectivity index (χ2n) is 3.49. The molecular formula is C9H12N4O. The smallest absolute Gasteiger partial charge is 0.229 e. The van der Waals surface area contributed by atoms with Gasteiger partial charge >= 0.3 is 0 Å². The van der Waals surface area contributed by atoms with Crippen molar-refractivity contribution in [3.8, 4) is 0 Å². The van der Waals surface area contributed by atoms with Crippen LogP contribution in [-0.4, -0.2) is 28.5 Å². The Bertz CT molecular complexity index is 366. The fourth-order valence-electron chi connectivity index (χ4n) is 1.54. The van der Waals surface area contributed by atoms with E-state index in [9.17, 15) is 4.79 Å². The lowest BCUT2D eigenvalue weighted by Gasteiger charge is -2.14. The summed E-state index contributed by atoms with van der Waals surface area (Å²) in [5.74, 6) is 0.625. The van der Waals surface area contributed by atoms with Gasteiger partial charge in [0.05, 0.1) is 11.9 Å². The second kappa shape index (κ2) is 3.34. The monoisotopic (exact) mass is 192 g/mol. The van der Waals surface area contributed by atoms with E-state index in [1.54, 1.807) is 17.3 Å². The highest BCUT2D eigenvalue weighted by atomic mass is 16.2. The van der Waals surface area contributed by atoms with Crippen molar-refractivity contribution in [1.29, 1.82) is 0 Å². The van der Waals surface area contributed by atoms with E-state index >= 15 is 0 Å². The van der Waals surface area contributed by atoms with Gasteiger partial charge in [0.25, 0.3) is 0 Å². The van der Waals surface area contributed by atoms with Crippen molar-refractivity contribution in [2.24, 2.45) is 5.73 Å². The summed E-state index contributed by atoms with van der Waals surface area (Å²) in [5, 5.41) is 0. The fourth-order valence-corrected chi connectivity index (χ4v) is 1.54. The minimum Gasteiger partial charge on any atom is -0.326 e. The van der Waals surface area contributed by atoms with Crippen LogP contribution in [0.1, 0.15) is 12.1 Å². The summed E-state index contributed by atoms with van der Waals surface area (Å²) in [7, 11) is 0. The maximum Gasteiger partial charge on any atom is 0.229 e. The van der Waals surface area contributed by atoms with E-state index in [0.29, 0.717) is 18.8 Å². The zero-order valence-corrected chi connectivity index (χ0v) is 7.97. The van der Waals surface area contributed by atoms with Crippen LogP contribution in [-0.2, 0) is 4.79 Å². The summed E-state index contributed by atoms with van der Waals surface area (Å²) in [6.07, 6.45) is 3.64. The number of aromatic nitrogens is 2. The summed E-state index contributed by atoms with van der Waals surface area (Å²) in [6, 6.07) is -0.0789. The van der Waals surface area contributed by atoms with Gasteiger partial charge in [-0.1, -0.05) is 0 Å². The average Bonchev–Trinajstić information content (AvgIpc) is 2.45. The lowest BCUT2D eigenvalue weighted by molar-refractivity contribution is -0.117. The second-order valence-corrected chi connectivity index (χ2v) is 3.49. The maximum absolute atomic E-state index is 11.5. The van der Waals surface area contributed by atoms with Gasteiger partial charge in [-0.05, 0) is 6.92 Å². The number of anilines is 1. The molecule has 74 valence electrons. The molecule has 5 heteroatoms. The maximum atomic E-state index is 11.5. The fraction of sp³-hybridized carbons (Fsp3) is 0.444. The molecule has 14 heavy (non-hydrogen) atoms. The molecule has 0 spiro atoms. The van der Waals surface area contributed by atoms with Crippen LogP contribution in [0.15, 0.2) is 12.4 Å². The lowest BCUT2D eigenvalue weighted by atomic mass is 10.3. The molecule has 1 atom stereocenters. The van der Waals surface area contributed by atoms with Crippen molar-refractivity contribution in [1.82, 2.24) is 9.97 Å². The number of carbonyl (C=O) groups excluding carboxylic acids is 1. The summed E-state index contributed by atoms with van der Waals surface area (Å²) in [5.41, 5.74) is 6.48. The number of nitrogens with two attached hydrogens (primary N) is 1. The molecule has 1 aliphatic rings. The Morgan fingerprint density at radius 3 is 2.93 bits per heavy atom. The number of hydrogen-bond donors (Lipinski definition) is 1. The van der Waals surface area contributed by atoms with Crippen LogP contribution < -0.4 is 10.6 Å². The molecular weight excluding hydrogens is 180 g/mol. The highest BCUT2D eigenvalue weighted by Gasteiger charge is 2.28. The molecule has 2 heterocycles. The van der Waals surface area contributed by atoms with Crippen LogP contribution >= 0.6 is 0 Å². The van der Waals surface area contributed by atoms with Gasteiger partial charge in [0.1, 0.15) is 0 Å². The molecule has 0 aliphatic carbocycles. The van der Waals surface area contributed by atoms with Crippen LogP contribution in [0.5, 0.6) is 0 Å². The Kier molecular flexibility index (Phi) is 2.17. The van der Waals surface area contributed by atoms with Gasteiger partial charge in [0.15, 0.2) is 5.82 Å². The minimum atomic E-state index is -0.0789. The first kappa shape index (κ1) is 9.08. The zero-order valence-electron chi connectivity index (χ0n) is 7.97. The number of carbonyl (C=O) groups is 1. The van der Waals surface area contributed by atoms with Crippen molar-refractivity contribution in [3.63, 3.8) is 0 Å². The molecule has 5 nitrogen and oxygen atoms in total. The highest BCUT2D eigenvalue weighted by Crippen LogP contribution is 2.17. The molecule has 1 aromatic rings. The van der Waals surface area contributed by atoms with Crippen molar-refractivity contribution in [3.05, 3.63) is 18.1 Å². The van der Waals surface area contributed by atoms with E-state index in [0.717, 1.165) is 5.69 Å². The molecule has 1 aromatic heterocycles. The van der Waals surface area contributed by atoms with Gasteiger partial charge in [0, 0.05) is 25.2 Å². The summed E-state index contributed by atoms with van der Waals surface area (Å²) >= 11 is 0. The highest BCUT2D eigenvalue weighted by molar-refractivity contribution is 5.95. The SMILES string of the molecule is Cc1cncc(N2CC(N)CC2=O)n1. The molecule has 1 unspecified atom stereocenters. The standard InChI is InChI=1S/C9H12N4O/c1-6-3-11-4-8(12-6)13-5-7(10)2-9(13)14/h3-4,7H,2,5,10H2,1H3. The number of aryl methyl sites for hydroxylation is 1. The van der Waals surface area contributed by atoms with Gasteiger partial charge in [-0.25, -0.2) is 4.98 Å². The molecule has 0 radical (unpaired) electrons. The first-order chi connectivity index (χ1) is 6.66. The molecule has 1 aliphatic heterocycles. The van der Waals surface area contributed by atoms with Crippen molar-refractivity contribution in [2.75, 3.05) is 11.4 Å². The topological polar surface area (TPSA) is 72.1 Å². The van der Waals surface area contributed by atoms with Gasteiger partial charge in [-0.15, -0.1) is 0 Å². The van der Waals surface area contributed by atoms with Gasteiger partial charge in [-0.3, -0.25) is 14.7 Å². The van der Waals surface area contributed by atoms with E-state index in [-0.39, 0.29) is 11.9 Å². The molecule has 0 aromatic carbocycles. The molecule has 2 rings (SSSR count). The van der Waals surface area contributed by atoms with Crippen LogP contribution in [0.2, 0.25) is 0 Å². The van der Waals surface area contributed by atoms with Gasteiger partial charge in [0.2, 0.25) is 5.91 Å². The van der Waals surface area contributed by atoms with Crippen LogP contribution in [0.3, 0.4) is 0 Å². The van der Waals surface area contributed by atoms with E-state index in [1.807, 2.05) is 6.92 Å². The zero-order chi connectivity index (χ0) is 10.1. The van der Waals surface area contributed by atoms with Gasteiger partial charge in [-0.2, -0.15) is 0 Å². The molecule has 2 N–H and O–H groups in total. The summed E-state index contributed by atoms with van der Waals surface area (Å²) in [4.78, 5) is 21.3. The van der Waals surface area contributed by atoms with Crippen LogP contribution in [0.25, 0.3) is 0 Å². The normalized spacial score (nSPS) is 21.7. The molecule has 1 fully saturated rings. The van der Waals surface area contributed by atoms with Crippen molar-refractivity contribution >= 4 is 11.7 Å². The molecule has 0 saturated carbocycles. The third-order valence-electron chi connectivity index (χ3n) is 2.17. The number of hydrogen-bond acceptors (Lipinski definition) is 4. The average molecular weight is 192 g/mol. The summed E-state index contributed by atoms with van der Waals surface area (Å²) in [6.45, 7) is 2.38. The lowest BCUT2D eigenvalue weighted by Crippen LogP contribution is -2.28. The number of nitrogens with zero attached hydrogens (tertiary/aromatic N) is 3. The predicted molar refractivity (Wildman–Crippen MR) is 51.7 cm³/mol. The largest absolute Gasteiger partial charge is 0.326 e. The molecule has 0 bridgehead atoms. The number of amides is 1. The van der Waals surface area contributed by atoms with E-state index in [2.05, 4.69) is 9.97 Å². The minimum absolute atomic E-state index is 0.0254. The van der Waals surface area contributed by atoms with E-state index < -0.39 is 0 Å². The van der Waals surface area contributed by atoms with E-state index in [4.69, 9.17) is 5.73 Å². The first-order valence-corrected chi connectivity index (χ1v) is 4.51. The Balaban J connectivity index is 2.27. The number of rotatable bonds is 1. The third kappa shape index (κ3) is 1.58. The van der Waals surface area contributed by atoms with Crippen molar-refractivity contribution < 1.29 is 4.79 Å².